The van der Waals surface area contributed by atoms with Gasteiger partial charge in [0.05, 0.1) is 18.9 Å². The number of carbonyl (C=O) groups is 2. The van der Waals surface area contributed by atoms with Gasteiger partial charge in [-0.15, -0.1) is 5.10 Å². The van der Waals surface area contributed by atoms with E-state index in [2.05, 4.69) is 15.5 Å². The molecule has 0 spiro atoms. The lowest BCUT2D eigenvalue weighted by Gasteiger charge is -2.33. The third-order valence-electron chi connectivity index (χ3n) is 3.32. The zero-order valence-electron chi connectivity index (χ0n) is 11.8. The zero-order valence-corrected chi connectivity index (χ0v) is 11.8. The van der Waals surface area contributed by atoms with Crippen LogP contribution in [-0.4, -0.2) is 52.7 Å². The Morgan fingerprint density at radius 2 is 2.15 bits per heavy atom. The van der Waals surface area contributed by atoms with Crippen LogP contribution in [0.1, 0.15) is 18.2 Å². The van der Waals surface area contributed by atoms with E-state index in [1.807, 2.05) is 13.8 Å². The lowest BCUT2D eigenvalue weighted by atomic mass is 10.2. The monoisotopic (exact) mass is 278 g/mol. The van der Waals surface area contributed by atoms with Crippen molar-refractivity contribution < 1.29 is 14.3 Å². The maximum atomic E-state index is 12.2. The van der Waals surface area contributed by atoms with Gasteiger partial charge in [0.25, 0.3) is 5.91 Å². The van der Waals surface area contributed by atoms with E-state index in [-0.39, 0.29) is 18.4 Å². The highest BCUT2D eigenvalue weighted by molar-refractivity contribution is 5.96. The molecule has 1 fully saturated rings. The van der Waals surface area contributed by atoms with Crippen molar-refractivity contribution in [1.82, 2.24) is 15.1 Å². The van der Waals surface area contributed by atoms with Crippen LogP contribution in [0.5, 0.6) is 0 Å². The molecular formula is C13H18N4O3. The Morgan fingerprint density at radius 3 is 2.80 bits per heavy atom. The number of carbonyl (C=O) groups excluding carboxylic acids is 2. The molecule has 0 aliphatic carbocycles. The van der Waals surface area contributed by atoms with E-state index in [0.29, 0.717) is 19.0 Å². The number of aromatic nitrogens is 2. The summed E-state index contributed by atoms with van der Waals surface area (Å²) < 4.78 is 5.27. The predicted molar refractivity (Wildman–Crippen MR) is 72.1 cm³/mol. The number of amides is 2. The fourth-order valence-electron chi connectivity index (χ4n) is 2.01. The number of hydrogen-bond donors (Lipinski definition) is 1. The number of hydrogen-bond acceptors (Lipinski definition) is 5. The van der Waals surface area contributed by atoms with Gasteiger partial charge < -0.3 is 15.0 Å². The third-order valence-corrected chi connectivity index (χ3v) is 3.32. The van der Waals surface area contributed by atoms with Crippen molar-refractivity contribution >= 4 is 17.6 Å². The van der Waals surface area contributed by atoms with E-state index in [0.717, 1.165) is 11.3 Å². The highest BCUT2D eigenvalue weighted by Gasteiger charge is 2.31. The van der Waals surface area contributed by atoms with Gasteiger partial charge in [0.15, 0.2) is 5.82 Å². The Morgan fingerprint density at radius 1 is 1.40 bits per heavy atom. The van der Waals surface area contributed by atoms with Crippen LogP contribution in [0.15, 0.2) is 6.07 Å². The molecule has 1 saturated heterocycles. The maximum Gasteiger partial charge on any atom is 0.250 e. The molecule has 2 amide bonds. The summed E-state index contributed by atoms with van der Waals surface area (Å²) in [7, 11) is 0. The van der Waals surface area contributed by atoms with Crippen LogP contribution in [0.25, 0.3) is 0 Å². The number of morpholine rings is 1. The Balaban J connectivity index is 2.09. The summed E-state index contributed by atoms with van der Waals surface area (Å²) in [5.74, 6) is -0.0655. The number of ether oxygens (including phenoxy) is 1. The van der Waals surface area contributed by atoms with Crippen molar-refractivity contribution in [3.63, 3.8) is 0 Å². The minimum atomic E-state index is -0.621. The van der Waals surface area contributed by atoms with Gasteiger partial charge in [-0.05, 0) is 25.5 Å². The Labute approximate surface area is 117 Å². The van der Waals surface area contributed by atoms with Crippen LogP contribution < -0.4 is 5.32 Å². The lowest BCUT2D eigenvalue weighted by molar-refractivity contribution is -0.144. The second kappa shape index (κ2) is 5.96. The van der Waals surface area contributed by atoms with Crippen LogP contribution >= 0.6 is 0 Å². The molecule has 0 saturated carbocycles. The fourth-order valence-corrected chi connectivity index (χ4v) is 2.01. The second-order valence-electron chi connectivity index (χ2n) is 4.79. The number of nitrogens with one attached hydrogen (secondary N) is 1. The molecule has 0 bridgehead atoms. The summed E-state index contributed by atoms with van der Waals surface area (Å²) >= 11 is 0. The van der Waals surface area contributed by atoms with Crippen LogP contribution in [0.3, 0.4) is 0 Å². The minimum absolute atomic E-state index is 0.139. The van der Waals surface area contributed by atoms with Gasteiger partial charge in [0.2, 0.25) is 5.91 Å². The van der Waals surface area contributed by atoms with Gasteiger partial charge >= 0.3 is 0 Å². The van der Waals surface area contributed by atoms with Gasteiger partial charge in [-0.2, -0.15) is 5.10 Å². The molecule has 1 aromatic rings. The molecule has 1 aliphatic heterocycles. The molecular weight excluding hydrogens is 260 g/mol. The molecule has 0 radical (unpaired) electrons. The average Bonchev–Trinajstić information content (AvgIpc) is 2.43. The van der Waals surface area contributed by atoms with E-state index in [1.54, 1.807) is 6.07 Å². The van der Waals surface area contributed by atoms with E-state index < -0.39 is 6.04 Å². The van der Waals surface area contributed by atoms with E-state index in [1.165, 1.54) is 11.8 Å². The SMILES string of the molecule is CC(=O)N1CCOCC1C(=O)Nc1cc(C)c(C)nn1. The quantitative estimate of drug-likeness (QED) is 0.840. The molecule has 2 heterocycles. The lowest BCUT2D eigenvalue weighted by Crippen LogP contribution is -2.53. The molecule has 108 valence electrons. The number of anilines is 1. The van der Waals surface area contributed by atoms with Crippen LogP contribution in [0.2, 0.25) is 0 Å². The normalized spacial score (nSPS) is 18.8. The molecule has 0 aromatic carbocycles. The first-order chi connectivity index (χ1) is 9.49. The number of nitrogens with zero attached hydrogens (tertiary/aromatic N) is 3. The van der Waals surface area contributed by atoms with E-state index >= 15 is 0 Å². The van der Waals surface area contributed by atoms with Crippen LogP contribution in [0.4, 0.5) is 5.82 Å². The summed E-state index contributed by atoms with van der Waals surface area (Å²) in [6.07, 6.45) is 0. The van der Waals surface area contributed by atoms with Gasteiger partial charge in [0, 0.05) is 13.5 Å². The van der Waals surface area contributed by atoms with Crippen molar-refractivity contribution in [2.24, 2.45) is 0 Å². The third kappa shape index (κ3) is 3.11. The molecule has 2 rings (SSSR count). The van der Waals surface area contributed by atoms with E-state index in [9.17, 15) is 9.59 Å². The van der Waals surface area contributed by atoms with Crippen LogP contribution in [-0.2, 0) is 14.3 Å². The van der Waals surface area contributed by atoms with Gasteiger partial charge in [-0.1, -0.05) is 0 Å². The minimum Gasteiger partial charge on any atom is -0.377 e. The van der Waals surface area contributed by atoms with Gasteiger partial charge in [0.1, 0.15) is 6.04 Å². The van der Waals surface area contributed by atoms with Crippen LogP contribution in [0, 0.1) is 13.8 Å². The first-order valence-corrected chi connectivity index (χ1v) is 6.46. The summed E-state index contributed by atoms with van der Waals surface area (Å²) in [5.41, 5.74) is 1.76. The Kier molecular flexibility index (Phi) is 4.29. The van der Waals surface area contributed by atoms with Crippen molar-refractivity contribution in [2.75, 3.05) is 25.1 Å². The van der Waals surface area contributed by atoms with Crippen molar-refractivity contribution in [2.45, 2.75) is 26.8 Å². The standard InChI is InChI=1S/C13H18N4O3/c1-8-6-12(16-15-9(8)2)14-13(19)11-7-20-5-4-17(11)10(3)18/h6,11H,4-5,7H2,1-3H3,(H,14,16,19). The number of rotatable bonds is 2. The Hall–Kier alpha value is -2.02. The van der Waals surface area contributed by atoms with Gasteiger partial charge in [-0.3, -0.25) is 9.59 Å². The first-order valence-electron chi connectivity index (χ1n) is 6.46. The molecule has 1 unspecified atom stereocenters. The highest BCUT2D eigenvalue weighted by Crippen LogP contribution is 2.12. The predicted octanol–water partition coefficient (Wildman–Crippen LogP) is 0.279. The molecule has 1 atom stereocenters. The fraction of sp³-hybridized carbons (Fsp3) is 0.538. The van der Waals surface area contributed by atoms with Gasteiger partial charge in [-0.25, -0.2) is 0 Å². The number of aryl methyl sites for hydroxylation is 2. The highest BCUT2D eigenvalue weighted by atomic mass is 16.5. The van der Waals surface area contributed by atoms with Crippen molar-refractivity contribution in [3.05, 3.63) is 17.3 Å². The molecule has 1 aliphatic rings. The molecule has 1 aromatic heterocycles. The summed E-state index contributed by atoms with van der Waals surface area (Å²) in [6, 6.07) is 1.13. The zero-order chi connectivity index (χ0) is 14.7. The molecule has 7 heteroatoms. The maximum absolute atomic E-state index is 12.2. The van der Waals surface area contributed by atoms with E-state index in [4.69, 9.17) is 4.74 Å². The molecule has 1 N–H and O–H groups in total. The summed E-state index contributed by atoms with van der Waals surface area (Å²) in [6.45, 7) is 6.26. The van der Waals surface area contributed by atoms with Crippen molar-refractivity contribution in [1.29, 1.82) is 0 Å². The second-order valence-corrected chi connectivity index (χ2v) is 4.79. The summed E-state index contributed by atoms with van der Waals surface area (Å²) in [5, 5.41) is 10.6. The summed E-state index contributed by atoms with van der Waals surface area (Å²) in [4.78, 5) is 25.3. The smallest absolute Gasteiger partial charge is 0.250 e. The van der Waals surface area contributed by atoms with Crippen molar-refractivity contribution in [3.8, 4) is 0 Å². The largest absolute Gasteiger partial charge is 0.377 e. The first kappa shape index (κ1) is 14.4. The average molecular weight is 278 g/mol. The molecule has 7 nitrogen and oxygen atoms in total. The Bertz CT molecular complexity index is 532. The molecule has 20 heavy (non-hydrogen) atoms. The topological polar surface area (TPSA) is 84.4 Å².